The average molecular weight is 426 g/mol. The van der Waals surface area contributed by atoms with Crippen LogP contribution in [0.15, 0.2) is 53.5 Å². The van der Waals surface area contributed by atoms with Crippen LogP contribution in [0, 0.1) is 0 Å². The molecule has 1 fully saturated rings. The van der Waals surface area contributed by atoms with E-state index in [1.54, 1.807) is 21.3 Å². The van der Waals surface area contributed by atoms with Crippen molar-refractivity contribution in [1.82, 2.24) is 15.5 Å². The Labute approximate surface area is 183 Å². The highest BCUT2D eigenvalue weighted by atomic mass is 16.5. The van der Waals surface area contributed by atoms with Gasteiger partial charge in [-0.05, 0) is 29.8 Å². The molecule has 1 aliphatic heterocycles. The molecule has 166 valence electrons. The molecule has 1 aliphatic rings. The summed E-state index contributed by atoms with van der Waals surface area (Å²) in [5.74, 6) is 2.32. The van der Waals surface area contributed by atoms with E-state index in [1.165, 1.54) is 0 Å². The van der Waals surface area contributed by atoms with Crippen molar-refractivity contribution < 1.29 is 14.3 Å². The zero-order valence-electron chi connectivity index (χ0n) is 18.4. The van der Waals surface area contributed by atoms with E-state index in [4.69, 9.17) is 9.47 Å². The largest absolute Gasteiger partial charge is 0.497 e. The van der Waals surface area contributed by atoms with Gasteiger partial charge in [0.25, 0.3) is 0 Å². The van der Waals surface area contributed by atoms with E-state index in [0.717, 1.165) is 54.9 Å². The first-order valence-electron chi connectivity index (χ1n) is 10.4. The average Bonchev–Trinajstić information content (AvgIpc) is 2.84. The fourth-order valence-electron chi connectivity index (χ4n) is 3.48. The highest BCUT2D eigenvalue weighted by molar-refractivity contribution is 5.86. The molecule has 0 radical (unpaired) electrons. The fourth-order valence-corrected chi connectivity index (χ4v) is 3.48. The van der Waals surface area contributed by atoms with Gasteiger partial charge in [0, 0.05) is 51.5 Å². The number of guanidine groups is 1. The van der Waals surface area contributed by atoms with E-state index in [9.17, 15) is 4.79 Å². The van der Waals surface area contributed by atoms with Gasteiger partial charge in [-0.15, -0.1) is 0 Å². The monoisotopic (exact) mass is 425 g/mol. The van der Waals surface area contributed by atoms with Crippen molar-refractivity contribution in [3.05, 3.63) is 54.1 Å². The smallest absolute Gasteiger partial charge is 0.239 e. The Bertz CT molecular complexity index is 877. The number of anilines is 1. The van der Waals surface area contributed by atoms with Crippen LogP contribution in [0.5, 0.6) is 11.5 Å². The van der Waals surface area contributed by atoms with Gasteiger partial charge in [-0.1, -0.05) is 18.2 Å². The summed E-state index contributed by atoms with van der Waals surface area (Å²) in [6, 6.07) is 15.7. The quantitative estimate of drug-likeness (QED) is 0.520. The number of carbonyl (C=O) groups is 1. The number of aliphatic imine (C=N–C) groups is 1. The first-order chi connectivity index (χ1) is 15.1. The molecule has 0 atom stereocenters. The molecular formula is C23H31N5O3. The van der Waals surface area contributed by atoms with Crippen LogP contribution in [-0.4, -0.2) is 70.8 Å². The molecule has 31 heavy (non-hydrogen) atoms. The van der Waals surface area contributed by atoms with Crippen LogP contribution < -0.4 is 25.0 Å². The van der Waals surface area contributed by atoms with Gasteiger partial charge in [0.1, 0.15) is 11.5 Å². The summed E-state index contributed by atoms with van der Waals surface area (Å²) < 4.78 is 10.5. The van der Waals surface area contributed by atoms with E-state index >= 15 is 0 Å². The molecule has 1 amide bonds. The second-order valence-corrected chi connectivity index (χ2v) is 7.20. The predicted octanol–water partition coefficient (Wildman–Crippen LogP) is 1.72. The zero-order valence-corrected chi connectivity index (χ0v) is 18.4. The predicted molar refractivity (Wildman–Crippen MR) is 123 cm³/mol. The van der Waals surface area contributed by atoms with E-state index in [0.29, 0.717) is 6.54 Å². The fraction of sp³-hybridized carbons (Fsp3) is 0.391. The van der Waals surface area contributed by atoms with E-state index in [1.807, 2.05) is 36.4 Å². The van der Waals surface area contributed by atoms with Gasteiger partial charge in [0.05, 0.1) is 20.8 Å². The number of amides is 1. The third-order valence-corrected chi connectivity index (χ3v) is 5.27. The maximum atomic E-state index is 12.2. The van der Waals surface area contributed by atoms with E-state index < -0.39 is 0 Å². The summed E-state index contributed by atoms with van der Waals surface area (Å²) in [7, 11) is 5.06. The van der Waals surface area contributed by atoms with Gasteiger partial charge in [0.15, 0.2) is 5.96 Å². The Morgan fingerprint density at radius 2 is 1.68 bits per heavy atom. The Kier molecular flexibility index (Phi) is 7.98. The Morgan fingerprint density at radius 3 is 2.32 bits per heavy atom. The van der Waals surface area contributed by atoms with E-state index in [2.05, 4.69) is 37.6 Å². The molecule has 2 aromatic carbocycles. The first kappa shape index (κ1) is 22.3. The second kappa shape index (κ2) is 11.1. The summed E-state index contributed by atoms with van der Waals surface area (Å²) >= 11 is 0. The number of carbonyl (C=O) groups excluding carboxylic acids is 1. The molecule has 0 bridgehead atoms. The van der Waals surface area contributed by atoms with Crippen molar-refractivity contribution in [3.63, 3.8) is 0 Å². The lowest BCUT2D eigenvalue weighted by Crippen LogP contribution is -2.53. The standard InChI is InChI=1S/C23H31N5O3/c1-24-23(26-17-22(29)25-16-18-7-9-20(30-2)10-8-18)28-13-11-27(12-14-28)19-5-4-6-21(15-19)31-3/h4-10,15H,11-14,16-17H2,1-3H3,(H,24,26)(H,25,29). The van der Waals surface area contributed by atoms with Gasteiger partial charge in [-0.25, -0.2) is 0 Å². The highest BCUT2D eigenvalue weighted by Gasteiger charge is 2.20. The number of rotatable bonds is 7. The van der Waals surface area contributed by atoms with Crippen LogP contribution in [0.25, 0.3) is 0 Å². The van der Waals surface area contributed by atoms with Crippen LogP contribution in [0.3, 0.4) is 0 Å². The number of benzene rings is 2. The number of methoxy groups -OCH3 is 2. The van der Waals surface area contributed by atoms with Crippen molar-refractivity contribution in [2.75, 3.05) is 58.9 Å². The van der Waals surface area contributed by atoms with Crippen molar-refractivity contribution >= 4 is 17.6 Å². The van der Waals surface area contributed by atoms with Crippen LogP contribution >= 0.6 is 0 Å². The van der Waals surface area contributed by atoms with Gasteiger partial charge in [0.2, 0.25) is 5.91 Å². The summed E-state index contributed by atoms with van der Waals surface area (Å²) in [6.45, 7) is 4.05. The lowest BCUT2D eigenvalue weighted by Gasteiger charge is -2.37. The van der Waals surface area contributed by atoms with E-state index in [-0.39, 0.29) is 12.5 Å². The second-order valence-electron chi connectivity index (χ2n) is 7.20. The number of piperazine rings is 1. The molecule has 1 heterocycles. The molecule has 8 nitrogen and oxygen atoms in total. The molecule has 8 heteroatoms. The molecule has 3 rings (SSSR count). The maximum absolute atomic E-state index is 12.2. The Hall–Kier alpha value is -3.42. The van der Waals surface area contributed by atoms with Gasteiger partial charge in [-0.2, -0.15) is 0 Å². The number of hydrogen-bond acceptors (Lipinski definition) is 5. The molecule has 0 saturated carbocycles. The summed E-state index contributed by atoms with van der Waals surface area (Å²) in [6.07, 6.45) is 0. The number of nitrogens with zero attached hydrogens (tertiary/aromatic N) is 3. The van der Waals surface area contributed by atoms with Gasteiger partial charge >= 0.3 is 0 Å². The molecule has 2 aromatic rings. The SMILES string of the molecule is CN=C(NCC(=O)NCc1ccc(OC)cc1)N1CCN(c2cccc(OC)c2)CC1. The Balaban J connectivity index is 1.43. The maximum Gasteiger partial charge on any atom is 0.239 e. The normalized spacial score (nSPS) is 14.2. The highest BCUT2D eigenvalue weighted by Crippen LogP contribution is 2.22. The Morgan fingerprint density at radius 1 is 0.968 bits per heavy atom. The first-order valence-corrected chi connectivity index (χ1v) is 10.4. The van der Waals surface area contributed by atoms with Crippen LogP contribution in [-0.2, 0) is 11.3 Å². The van der Waals surface area contributed by atoms with Crippen molar-refractivity contribution in [2.24, 2.45) is 4.99 Å². The molecule has 0 aliphatic carbocycles. The topological polar surface area (TPSA) is 78.4 Å². The molecule has 2 N–H and O–H groups in total. The van der Waals surface area contributed by atoms with Gasteiger partial charge < -0.3 is 29.9 Å². The minimum atomic E-state index is -0.0769. The molecular weight excluding hydrogens is 394 g/mol. The molecule has 0 spiro atoms. The van der Waals surface area contributed by atoms with Crippen molar-refractivity contribution in [1.29, 1.82) is 0 Å². The van der Waals surface area contributed by atoms with Crippen LogP contribution in [0.4, 0.5) is 5.69 Å². The van der Waals surface area contributed by atoms with Crippen LogP contribution in [0.1, 0.15) is 5.56 Å². The minimum absolute atomic E-state index is 0.0769. The third kappa shape index (κ3) is 6.28. The van der Waals surface area contributed by atoms with Crippen molar-refractivity contribution in [2.45, 2.75) is 6.54 Å². The lowest BCUT2D eigenvalue weighted by molar-refractivity contribution is -0.120. The minimum Gasteiger partial charge on any atom is -0.497 e. The summed E-state index contributed by atoms with van der Waals surface area (Å²) in [5, 5.41) is 6.09. The number of hydrogen-bond donors (Lipinski definition) is 2. The van der Waals surface area contributed by atoms with Gasteiger partial charge in [-0.3, -0.25) is 9.79 Å². The number of nitrogens with one attached hydrogen (secondary N) is 2. The molecule has 0 aromatic heterocycles. The molecule has 0 unspecified atom stereocenters. The molecule has 1 saturated heterocycles. The third-order valence-electron chi connectivity index (χ3n) is 5.27. The van der Waals surface area contributed by atoms with Crippen molar-refractivity contribution in [3.8, 4) is 11.5 Å². The van der Waals surface area contributed by atoms with Crippen LogP contribution in [0.2, 0.25) is 0 Å². The number of ether oxygens (including phenoxy) is 2. The zero-order chi connectivity index (χ0) is 22.1. The lowest BCUT2D eigenvalue weighted by atomic mass is 10.2. The summed E-state index contributed by atoms with van der Waals surface area (Å²) in [5.41, 5.74) is 2.17. The summed E-state index contributed by atoms with van der Waals surface area (Å²) in [4.78, 5) is 21.1.